The Kier molecular flexibility index (Phi) is 23.8. The van der Waals surface area contributed by atoms with E-state index < -0.39 is 0 Å². The predicted octanol–water partition coefficient (Wildman–Crippen LogP) is 40.6. The van der Waals surface area contributed by atoms with Crippen LogP contribution in [0.15, 0.2) is 388 Å². The molecule has 0 heterocycles. The molecule has 0 aliphatic heterocycles. The van der Waals surface area contributed by atoms with E-state index in [1.54, 1.807) is 0 Å². The number of anilines is 12. The van der Waals surface area contributed by atoms with Gasteiger partial charge in [-0.25, -0.2) is 0 Å². The van der Waals surface area contributed by atoms with Gasteiger partial charge in [0.2, 0.25) is 0 Å². The van der Waals surface area contributed by atoms with Gasteiger partial charge in [0.1, 0.15) is 0 Å². The second kappa shape index (κ2) is 37.0. The summed E-state index contributed by atoms with van der Waals surface area (Å²) < 4.78 is 0. The number of rotatable bonds is 23. The lowest BCUT2D eigenvalue weighted by molar-refractivity contribution is 0.875. The zero-order chi connectivity index (χ0) is 97.9. The van der Waals surface area contributed by atoms with E-state index in [-0.39, 0.29) is 23.7 Å². The van der Waals surface area contributed by atoms with Crippen LogP contribution >= 0.6 is 0 Å². The Bertz CT molecular complexity index is 8550. The summed E-state index contributed by atoms with van der Waals surface area (Å²) >= 11 is 0. The number of hydrogen-bond acceptors (Lipinski definition) is 4. The second-order valence-corrected chi connectivity index (χ2v) is 41.2. The lowest BCUT2D eigenvalue weighted by atomic mass is 9.83. The molecule has 4 heteroatoms. The number of hydrogen-bond donors (Lipinski definition) is 0. The predicted molar refractivity (Wildman–Crippen MR) is 614 cm³/mol. The van der Waals surface area contributed by atoms with E-state index in [4.69, 9.17) is 0 Å². The normalized spacial score (nSPS) is 11.8. The Morgan fingerprint density at radius 1 is 0.148 bits per heavy atom. The van der Waals surface area contributed by atoms with Gasteiger partial charge in [0.15, 0.2) is 0 Å². The summed E-state index contributed by atoms with van der Waals surface area (Å²) in [6, 6.07) is 149. The maximum absolute atomic E-state index is 2.66. The molecule has 0 atom stereocenters. The van der Waals surface area contributed by atoms with Crippen molar-refractivity contribution in [3.05, 3.63) is 466 Å². The Hall–Kier alpha value is -15.9. The van der Waals surface area contributed by atoms with Crippen LogP contribution in [-0.4, -0.2) is 0 Å². The van der Waals surface area contributed by atoms with Crippen molar-refractivity contribution in [1.29, 1.82) is 0 Å². The molecule has 0 spiro atoms. The third-order valence-corrected chi connectivity index (χ3v) is 30.4. The highest BCUT2D eigenvalue weighted by atomic mass is 15.2. The largest absolute Gasteiger partial charge is 0.309 e. The molecular weight excluding hydrogens is 1710 g/mol. The van der Waals surface area contributed by atoms with Crippen molar-refractivity contribution < 1.29 is 0 Å². The van der Waals surface area contributed by atoms with Gasteiger partial charge in [-0.05, 0) is 377 Å². The molecule has 0 aromatic heterocycles. The molecule has 22 rings (SSSR count). The Balaban J connectivity index is 0.750. The molecule has 0 saturated heterocycles. The van der Waals surface area contributed by atoms with Crippen LogP contribution < -0.4 is 19.6 Å². The lowest BCUT2D eigenvalue weighted by Gasteiger charge is -2.34. The molecule has 0 N–H and O–H groups in total. The Morgan fingerprint density at radius 2 is 0.359 bits per heavy atom. The van der Waals surface area contributed by atoms with Gasteiger partial charge in [-0.2, -0.15) is 0 Å². The van der Waals surface area contributed by atoms with Crippen molar-refractivity contribution in [1.82, 2.24) is 0 Å². The molecule has 22 aromatic rings. The molecule has 694 valence electrons. The maximum atomic E-state index is 2.66. The van der Waals surface area contributed by atoms with Crippen molar-refractivity contribution >= 4 is 133 Å². The number of nitrogens with zero attached hydrogens (tertiary/aromatic N) is 4. The minimum Gasteiger partial charge on any atom is -0.309 e. The molecule has 4 nitrogen and oxygen atoms in total. The van der Waals surface area contributed by atoms with Crippen LogP contribution in [0.1, 0.15) is 157 Å². The third-order valence-electron chi connectivity index (χ3n) is 30.4. The van der Waals surface area contributed by atoms with E-state index >= 15 is 0 Å². The Labute approximate surface area is 838 Å². The molecule has 0 unspecified atom stereocenters. The average molecular weight is 1840 g/mol. The molecule has 0 amide bonds. The van der Waals surface area contributed by atoms with Crippen LogP contribution in [0.4, 0.5) is 68.2 Å². The van der Waals surface area contributed by atoms with Crippen LogP contribution in [0.5, 0.6) is 0 Å². The standard InChI is InChI=1S/C138H122N4/c1-83(2)118-79-131(139(123-69-87(9)47-49-89(123)11)125-73-103(56-51-91(125)13)97-35-24-19-25-36-97)114-65-61-113-121(86(7)8)82-134(117-68-64-112(118)135(114)138(113)117)142(124-70-88(10)48-50-90(124)12)130-78-109(101-43-32-23-33-44-101)72-122(96(130)18)108-46-34-45-102(71-108)107-60-55-95(17)129(77-107)141(128-76-106(59-54-94(128)16)100-41-30-22-31-42-100)133-81-120(85(5)6)111-62-66-115-132(80-119(84(3)4)110-63-67-116(133)137(111)136(110)115)140(126-74-104(57-52-92(126)14)98-37-26-20-27-38-98)127-75-105(58-53-93(127)15)99-39-28-21-29-40-99/h19-86H,1-18H3. The van der Waals surface area contributed by atoms with Crippen LogP contribution in [0.25, 0.3) is 143 Å². The first-order valence-corrected chi connectivity index (χ1v) is 50.9. The molecule has 0 bridgehead atoms. The first-order chi connectivity index (χ1) is 68.9. The summed E-state index contributed by atoms with van der Waals surface area (Å²) in [5.41, 5.74) is 47.2. The van der Waals surface area contributed by atoms with Gasteiger partial charge >= 0.3 is 0 Å². The fraction of sp³-hybridized carbons (Fsp3) is 0.159. The lowest BCUT2D eigenvalue weighted by Crippen LogP contribution is -2.16. The van der Waals surface area contributed by atoms with Crippen LogP contribution in [0.3, 0.4) is 0 Å². The molecule has 0 fully saturated rings. The van der Waals surface area contributed by atoms with Gasteiger partial charge in [0, 0.05) is 61.4 Å². The van der Waals surface area contributed by atoms with Gasteiger partial charge in [-0.1, -0.05) is 359 Å². The molecule has 0 aliphatic carbocycles. The molecule has 0 radical (unpaired) electrons. The third kappa shape index (κ3) is 16.2. The molecule has 0 aliphatic rings. The summed E-state index contributed by atoms with van der Waals surface area (Å²) in [6.07, 6.45) is 0. The fourth-order valence-corrected chi connectivity index (χ4v) is 22.7. The van der Waals surface area contributed by atoms with Crippen molar-refractivity contribution in [2.24, 2.45) is 0 Å². The van der Waals surface area contributed by atoms with E-state index in [0.29, 0.717) is 0 Å². The summed E-state index contributed by atoms with van der Waals surface area (Å²) in [4.78, 5) is 10.5. The summed E-state index contributed by atoms with van der Waals surface area (Å²) in [5.74, 6) is 0.689. The number of aryl methyl sites for hydroxylation is 9. The highest BCUT2D eigenvalue weighted by Crippen LogP contribution is 2.58. The topological polar surface area (TPSA) is 13.0 Å². The SMILES string of the molecule is Cc1ccc(C)c(N(c2cc(-c3ccccc3)ccc2C)c2cc(C(C)C)c3ccc4c(N(c5cc(C)ccc5C)c5cc(-c6ccccc6)cc(-c6cccc(-c7ccc(C)c(N(c8cc(-c9ccccc9)ccc8C)c8cc(C(C)C)c9ccc%10c(N(c%11cc(-c%12ccccc%12)ccc%11C)c%11cc(-c%12ccccc%12)ccc%11C)cc(C(C)C)c%11ccc8c9c%11%10)c7)c6)c5C)cc(C(C)C)c5ccc2c3c54)c1. The monoisotopic (exact) mass is 1830 g/mol. The van der Waals surface area contributed by atoms with Crippen LogP contribution in [0.2, 0.25) is 0 Å². The van der Waals surface area contributed by atoms with Gasteiger partial charge < -0.3 is 19.6 Å². The zero-order valence-corrected chi connectivity index (χ0v) is 85.0. The maximum Gasteiger partial charge on any atom is 0.0543 e. The van der Waals surface area contributed by atoms with E-state index in [9.17, 15) is 0 Å². The average Bonchev–Trinajstić information content (AvgIpc) is 0.704. The minimum absolute atomic E-state index is 0.151. The zero-order valence-electron chi connectivity index (χ0n) is 85.0. The van der Waals surface area contributed by atoms with Crippen molar-refractivity contribution in [3.8, 4) is 77.9 Å². The van der Waals surface area contributed by atoms with Gasteiger partial charge in [0.05, 0.1) is 28.4 Å². The smallest absolute Gasteiger partial charge is 0.0543 e. The van der Waals surface area contributed by atoms with E-state index in [0.717, 1.165) is 101 Å². The molecular formula is C138H122N4. The quantitative estimate of drug-likeness (QED) is 0.0592. The molecule has 22 aromatic carbocycles. The van der Waals surface area contributed by atoms with E-state index in [2.05, 4.69) is 532 Å². The van der Waals surface area contributed by atoms with E-state index in [1.165, 1.54) is 187 Å². The van der Waals surface area contributed by atoms with Crippen LogP contribution in [0, 0.1) is 69.2 Å². The minimum atomic E-state index is 0.151. The first-order valence-electron chi connectivity index (χ1n) is 50.9. The number of benzene rings is 22. The highest BCUT2D eigenvalue weighted by Gasteiger charge is 2.34. The van der Waals surface area contributed by atoms with Crippen molar-refractivity contribution in [3.63, 3.8) is 0 Å². The summed E-state index contributed by atoms with van der Waals surface area (Å²) in [5, 5.41) is 15.1. The highest BCUT2D eigenvalue weighted by molar-refractivity contribution is 6.32. The van der Waals surface area contributed by atoms with Gasteiger partial charge in [0.25, 0.3) is 0 Å². The van der Waals surface area contributed by atoms with Crippen molar-refractivity contribution in [2.45, 2.75) is 148 Å². The van der Waals surface area contributed by atoms with Crippen LogP contribution in [-0.2, 0) is 0 Å². The molecule has 0 saturated carbocycles. The summed E-state index contributed by atoms with van der Waals surface area (Å²) in [7, 11) is 0. The van der Waals surface area contributed by atoms with Gasteiger partial charge in [-0.15, -0.1) is 0 Å². The van der Waals surface area contributed by atoms with Crippen molar-refractivity contribution in [2.75, 3.05) is 19.6 Å². The van der Waals surface area contributed by atoms with E-state index in [1.807, 2.05) is 0 Å². The summed E-state index contributed by atoms with van der Waals surface area (Å²) in [6.45, 7) is 42.0. The fourth-order valence-electron chi connectivity index (χ4n) is 22.7. The molecule has 142 heavy (non-hydrogen) atoms. The Morgan fingerprint density at radius 3 is 0.634 bits per heavy atom. The second-order valence-electron chi connectivity index (χ2n) is 41.2. The first kappa shape index (κ1) is 91.2. The van der Waals surface area contributed by atoms with Gasteiger partial charge in [-0.3, -0.25) is 0 Å².